The molecule has 1 heterocycles. The Kier molecular flexibility index (Phi) is 4.59. The number of amides is 1. The second-order valence-corrected chi connectivity index (χ2v) is 6.10. The Morgan fingerprint density at radius 2 is 2.04 bits per heavy atom. The molecule has 1 aliphatic carbocycles. The van der Waals surface area contributed by atoms with Gasteiger partial charge in [0.15, 0.2) is 0 Å². The van der Waals surface area contributed by atoms with Crippen molar-refractivity contribution in [3.63, 3.8) is 0 Å². The molecule has 0 aliphatic heterocycles. The summed E-state index contributed by atoms with van der Waals surface area (Å²) in [7, 11) is 0. The molecule has 24 heavy (non-hydrogen) atoms. The van der Waals surface area contributed by atoms with Crippen LogP contribution in [0.3, 0.4) is 0 Å². The van der Waals surface area contributed by atoms with Crippen molar-refractivity contribution >= 4 is 11.9 Å². The van der Waals surface area contributed by atoms with Crippen molar-refractivity contribution in [1.82, 2.24) is 20.3 Å². The standard InChI is InChI=1S/C17H20N4O3/c1-11-15(19-20-21(11)12-6-3-2-4-7-12)10-16(22)18-14-9-5-8-13(14)17(23)24/h2-4,6-7,13-14H,5,8-10H2,1H3,(H,18,22)(H,23,24)/t13-,14+/m0/s1. The molecule has 7 heteroatoms. The van der Waals surface area contributed by atoms with Crippen molar-refractivity contribution in [2.24, 2.45) is 5.92 Å². The number of aliphatic carboxylic acids is 1. The number of carboxylic acid groups (broad SMARTS) is 1. The molecule has 0 radical (unpaired) electrons. The van der Waals surface area contributed by atoms with Gasteiger partial charge in [-0.2, -0.15) is 0 Å². The monoisotopic (exact) mass is 328 g/mol. The lowest BCUT2D eigenvalue weighted by Crippen LogP contribution is -2.41. The quantitative estimate of drug-likeness (QED) is 0.866. The number of hydrogen-bond donors (Lipinski definition) is 2. The second-order valence-electron chi connectivity index (χ2n) is 6.10. The van der Waals surface area contributed by atoms with Crippen molar-refractivity contribution in [3.05, 3.63) is 41.7 Å². The van der Waals surface area contributed by atoms with Gasteiger partial charge in [0.2, 0.25) is 5.91 Å². The van der Waals surface area contributed by atoms with E-state index in [9.17, 15) is 14.7 Å². The van der Waals surface area contributed by atoms with Crippen LogP contribution in [-0.2, 0) is 16.0 Å². The van der Waals surface area contributed by atoms with Gasteiger partial charge in [0.25, 0.3) is 0 Å². The van der Waals surface area contributed by atoms with Crippen LogP contribution < -0.4 is 5.32 Å². The van der Waals surface area contributed by atoms with Crippen molar-refractivity contribution in [2.45, 2.75) is 38.6 Å². The van der Waals surface area contributed by atoms with Crippen LogP contribution in [0.4, 0.5) is 0 Å². The first-order valence-electron chi connectivity index (χ1n) is 8.05. The van der Waals surface area contributed by atoms with Gasteiger partial charge in [-0.25, -0.2) is 4.68 Å². The maximum absolute atomic E-state index is 12.3. The maximum Gasteiger partial charge on any atom is 0.308 e. The highest BCUT2D eigenvalue weighted by Crippen LogP contribution is 2.26. The number of hydrogen-bond acceptors (Lipinski definition) is 4. The smallest absolute Gasteiger partial charge is 0.308 e. The summed E-state index contributed by atoms with van der Waals surface area (Å²) in [6.45, 7) is 1.87. The fourth-order valence-electron chi connectivity index (χ4n) is 3.18. The van der Waals surface area contributed by atoms with Crippen LogP contribution in [0.5, 0.6) is 0 Å². The number of carboxylic acids is 1. The van der Waals surface area contributed by atoms with Gasteiger partial charge in [-0.3, -0.25) is 9.59 Å². The zero-order chi connectivity index (χ0) is 17.1. The Morgan fingerprint density at radius 3 is 2.75 bits per heavy atom. The van der Waals surface area contributed by atoms with Gasteiger partial charge in [0.05, 0.1) is 29.4 Å². The predicted molar refractivity (Wildman–Crippen MR) is 86.7 cm³/mol. The number of carbonyl (C=O) groups excluding carboxylic acids is 1. The Hall–Kier alpha value is -2.70. The molecular weight excluding hydrogens is 308 g/mol. The molecule has 2 atom stereocenters. The minimum atomic E-state index is -0.844. The first-order valence-corrected chi connectivity index (χ1v) is 8.05. The van der Waals surface area contributed by atoms with Crippen LogP contribution in [-0.4, -0.2) is 38.0 Å². The largest absolute Gasteiger partial charge is 0.481 e. The van der Waals surface area contributed by atoms with E-state index >= 15 is 0 Å². The number of nitrogens with zero attached hydrogens (tertiary/aromatic N) is 3. The number of benzene rings is 1. The van der Waals surface area contributed by atoms with E-state index in [4.69, 9.17) is 0 Å². The summed E-state index contributed by atoms with van der Waals surface area (Å²) in [6, 6.07) is 9.29. The lowest BCUT2D eigenvalue weighted by atomic mass is 10.0. The molecule has 1 fully saturated rings. The van der Waals surface area contributed by atoms with Crippen molar-refractivity contribution in [3.8, 4) is 5.69 Å². The summed E-state index contributed by atoms with van der Waals surface area (Å²) in [5.74, 6) is -1.55. The van der Waals surface area contributed by atoms with E-state index in [1.165, 1.54) is 0 Å². The molecular formula is C17H20N4O3. The lowest BCUT2D eigenvalue weighted by Gasteiger charge is -2.17. The average molecular weight is 328 g/mol. The van der Waals surface area contributed by atoms with E-state index in [2.05, 4.69) is 15.6 Å². The minimum Gasteiger partial charge on any atom is -0.481 e. The third kappa shape index (κ3) is 3.29. The van der Waals surface area contributed by atoms with E-state index in [0.29, 0.717) is 18.5 Å². The Bertz CT molecular complexity index is 742. The van der Waals surface area contributed by atoms with Crippen LogP contribution >= 0.6 is 0 Å². The summed E-state index contributed by atoms with van der Waals surface area (Å²) in [5, 5.41) is 20.2. The molecule has 1 aromatic heterocycles. The van der Waals surface area contributed by atoms with Crippen LogP contribution in [0.2, 0.25) is 0 Å². The summed E-state index contributed by atoms with van der Waals surface area (Å²) in [6.07, 6.45) is 2.24. The third-order valence-electron chi connectivity index (χ3n) is 4.50. The van der Waals surface area contributed by atoms with E-state index in [-0.39, 0.29) is 18.4 Å². The lowest BCUT2D eigenvalue weighted by molar-refractivity contribution is -0.142. The van der Waals surface area contributed by atoms with Gasteiger partial charge < -0.3 is 10.4 Å². The molecule has 1 aromatic carbocycles. The normalized spacial score (nSPS) is 20.0. The van der Waals surface area contributed by atoms with Crippen molar-refractivity contribution < 1.29 is 14.7 Å². The number of carbonyl (C=O) groups is 2. The summed E-state index contributed by atoms with van der Waals surface area (Å²) in [4.78, 5) is 23.4. The topological polar surface area (TPSA) is 97.1 Å². The molecule has 1 amide bonds. The van der Waals surface area contributed by atoms with Crippen LogP contribution in [0.1, 0.15) is 30.7 Å². The third-order valence-corrected chi connectivity index (χ3v) is 4.50. The van der Waals surface area contributed by atoms with E-state index in [0.717, 1.165) is 17.8 Å². The molecule has 0 saturated heterocycles. The molecule has 0 spiro atoms. The molecule has 7 nitrogen and oxygen atoms in total. The fourth-order valence-corrected chi connectivity index (χ4v) is 3.18. The minimum absolute atomic E-state index is 0.0987. The van der Waals surface area contributed by atoms with Gasteiger partial charge in [0, 0.05) is 6.04 Å². The highest BCUT2D eigenvalue weighted by Gasteiger charge is 2.34. The van der Waals surface area contributed by atoms with Gasteiger partial charge in [-0.1, -0.05) is 29.8 Å². The first-order chi connectivity index (χ1) is 11.6. The Labute approximate surface area is 139 Å². The highest BCUT2D eigenvalue weighted by atomic mass is 16.4. The average Bonchev–Trinajstić information content (AvgIpc) is 3.16. The fraction of sp³-hybridized carbons (Fsp3) is 0.412. The van der Waals surface area contributed by atoms with Gasteiger partial charge in [-0.15, -0.1) is 5.10 Å². The van der Waals surface area contributed by atoms with Crippen LogP contribution in [0.25, 0.3) is 5.69 Å². The van der Waals surface area contributed by atoms with Crippen LogP contribution in [0.15, 0.2) is 30.3 Å². The number of nitrogens with one attached hydrogen (secondary N) is 1. The van der Waals surface area contributed by atoms with Crippen LogP contribution in [0, 0.1) is 12.8 Å². The van der Waals surface area contributed by atoms with E-state index < -0.39 is 11.9 Å². The molecule has 1 saturated carbocycles. The van der Waals surface area contributed by atoms with E-state index in [1.807, 2.05) is 37.3 Å². The van der Waals surface area contributed by atoms with Crippen molar-refractivity contribution in [1.29, 1.82) is 0 Å². The zero-order valence-corrected chi connectivity index (χ0v) is 13.5. The van der Waals surface area contributed by atoms with Gasteiger partial charge in [0.1, 0.15) is 0 Å². The molecule has 3 rings (SSSR count). The van der Waals surface area contributed by atoms with E-state index in [1.54, 1.807) is 4.68 Å². The molecule has 0 unspecified atom stereocenters. The SMILES string of the molecule is Cc1c(CC(=O)N[C@@H]2CCC[C@@H]2C(=O)O)nnn1-c1ccccc1. The molecule has 2 aromatic rings. The first kappa shape index (κ1) is 16.2. The molecule has 2 N–H and O–H groups in total. The summed E-state index contributed by atoms with van der Waals surface area (Å²) in [5.41, 5.74) is 2.29. The number of para-hydroxylation sites is 1. The Balaban J connectivity index is 1.67. The zero-order valence-electron chi connectivity index (χ0n) is 13.5. The molecule has 1 aliphatic rings. The number of aromatic nitrogens is 3. The van der Waals surface area contributed by atoms with Gasteiger partial charge >= 0.3 is 5.97 Å². The summed E-state index contributed by atoms with van der Waals surface area (Å²) < 4.78 is 1.69. The van der Waals surface area contributed by atoms with Crippen molar-refractivity contribution in [2.75, 3.05) is 0 Å². The second kappa shape index (κ2) is 6.82. The molecule has 0 bridgehead atoms. The maximum atomic E-state index is 12.3. The van der Waals surface area contributed by atoms with Gasteiger partial charge in [-0.05, 0) is 31.9 Å². The predicted octanol–water partition coefficient (Wildman–Crippen LogP) is 1.49. The molecule has 126 valence electrons. The Morgan fingerprint density at radius 1 is 1.29 bits per heavy atom. The summed E-state index contributed by atoms with van der Waals surface area (Å²) >= 11 is 0. The number of rotatable bonds is 5. The highest BCUT2D eigenvalue weighted by molar-refractivity contribution is 5.80.